The zero-order valence-corrected chi connectivity index (χ0v) is 31.4. The van der Waals surface area contributed by atoms with Crippen LogP contribution in [0.1, 0.15) is 43.0 Å². The van der Waals surface area contributed by atoms with E-state index in [4.69, 9.17) is 0 Å². The Morgan fingerprint density at radius 1 is 0.545 bits per heavy atom. The van der Waals surface area contributed by atoms with Gasteiger partial charge in [-0.3, -0.25) is 9.59 Å². The Morgan fingerprint density at radius 2 is 1.04 bits per heavy atom. The molecule has 6 rings (SSSR count). The molecule has 0 spiro atoms. The van der Waals surface area contributed by atoms with Gasteiger partial charge in [-0.05, 0) is 175 Å². The summed E-state index contributed by atoms with van der Waals surface area (Å²) in [4.78, 5) is 27.5. The molecule has 0 heterocycles. The summed E-state index contributed by atoms with van der Waals surface area (Å²) in [7, 11) is 0. The second kappa shape index (κ2) is 17.8. The van der Waals surface area contributed by atoms with Crippen molar-refractivity contribution in [2.75, 3.05) is 24.7 Å². The minimum Gasteiger partial charge on any atom is -0.396 e. The van der Waals surface area contributed by atoms with Gasteiger partial charge in [-0.1, -0.05) is 42.5 Å². The summed E-state index contributed by atoms with van der Waals surface area (Å²) in [6.07, 6.45) is 12.7. The topological polar surface area (TPSA) is 123 Å². The van der Waals surface area contributed by atoms with E-state index in [2.05, 4.69) is 15.1 Å². The van der Waals surface area contributed by atoms with E-state index in [9.17, 15) is 24.9 Å². The first-order valence-corrected chi connectivity index (χ1v) is 18.4. The lowest BCUT2D eigenvalue weighted by molar-refractivity contribution is -0.112. The van der Waals surface area contributed by atoms with Crippen molar-refractivity contribution in [1.82, 2.24) is 0 Å². The summed E-state index contributed by atoms with van der Waals surface area (Å²) >= 11 is 0. The number of allylic oxidation sites excluding steroid dienone is 11. The molecule has 0 bridgehead atoms. The molecular formula is C47H45N3O5. The number of aliphatic hydroxyl groups excluding tert-OH is 3. The Hall–Kier alpha value is -6.06. The first-order valence-electron chi connectivity index (χ1n) is 18.4. The molecule has 8 heteroatoms. The molecule has 0 saturated heterocycles. The van der Waals surface area contributed by atoms with E-state index in [-0.39, 0.29) is 31.4 Å². The largest absolute Gasteiger partial charge is 0.396 e. The second-order valence-corrected chi connectivity index (χ2v) is 13.7. The highest BCUT2D eigenvalue weighted by molar-refractivity contribution is 6.13. The molecule has 2 aliphatic rings. The Labute approximate surface area is 322 Å². The van der Waals surface area contributed by atoms with Gasteiger partial charge in [0.15, 0.2) is 11.6 Å². The Morgan fingerprint density at radius 3 is 1.56 bits per heavy atom. The van der Waals surface area contributed by atoms with Crippen LogP contribution in [-0.4, -0.2) is 46.7 Å². The van der Waals surface area contributed by atoms with Crippen LogP contribution in [0.4, 0.5) is 28.4 Å². The van der Waals surface area contributed by atoms with Crippen LogP contribution in [0, 0.1) is 0 Å². The summed E-state index contributed by atoms with van der Waals surface area (Å²) in [5.41, 5.74) is 12.2. The van der Waals surface area contributed by atoms with Gasteiger partial charge in [-0.25, -0.2) is 0 Å². The van der Waals surface area contributed by atoms with Gasteiger partial charge in [0.2, 0.25) is 0 Å². The molecule has 0 fully saturated rings. The van der Waals surface area contributed by atoms with Gasteiger partial charge >= 0.3 is 0 Å². The summed E-state index contributed by atoms with van der Waals surface area (Å²) in [5, 5.41) is 37.7. The van der Waals surface area contributed by atoms with Gasteiger partial charge in [-0.15, -0.1) is 0 Å². The number of rotatable bonds is 13. The summed E-state index contributed by atoms with van der Waals surface area (Å²) < 4.78 is 0. The number of azo groups is 1. The van der Waals surface area contributed by atoms with E-state index in [1.54, 1.807) is 26.8 Å². The van der Waals surface area contributed by atoms with Crippen LogP contribution >= 0.6 is 0 Å². The number of hydrogen-bond acceptors (Lipinski definition) is 8. The molecule has 0 aromatic heterocycles. The van der Waals surface area contributed by atoms with Crippen molar-refractivity contribution in [3.05, 3.63) is 177 Å². The fourth-order valence-electron chi connectivity index (χ4n) is 6.63. The number of Topliss-reactive ketones (excluding diaryl/α,β-unsaturated/α-hetero) is 2. The van der Waals surface area contributed by atoms with Crippen LogP contribution in [0.15, 0.2) is 165 Å². The van der Waals surface area contributed by atoms with Gasteiger partial charge < -0.3 is 20.2 Å². The predicted molar refractivity (Wildman–Crippen MR) is 220 cm³/mol. The molecule has 0 atom stereocenters. The van der Waals surface area contributed by atoms with Crippen LogP contribution < -0.4 is 4.90 Å². The van der Waals surface area contributed by atoms with Crippen LogP contribution in [0.3, 0.4) is 0 Å². The fraction of sp³-hybridized carbons (Fsp3) is 0.191. The summed E-state index contributed by atoms with van der Waals surface area (Å²) in [5.74, 6) is -0.0323. The Balaban J connectivity index is 1.23. The molecular weight excluding hydrogens is 687 g/mol. The fourth-order valence-corrected chi connectivity index (χ4v) is 6.63. The molecule has 2 aliphatic carbocycles. The van der Waals surface area contributed by atoms with Crippen LogP contribution in [-0.2, 0) is 28.9 Å². The lowest BCUT2D eigenvalue weighted by Gasteiger charge is -2.26. The van der Waals surface area contributed by atoms with Gasteiger partial charge in [0.05, 0.1) is 11.4 Å². The number of ketones is 2. The molecule has 278 valence electrons. The van der Waals surface area contributed by atoms with E-state index < -0.39 is 0 Å². The van der Waals surface area contributed by atoms with E-state index in [0.29, 0.717) is 52.9 Å². The number of nitrogens with zero attached hydrogens (tertiary/aromatic N) is 3. The van der Waals surface area contributed by atoms with Crippen molar-refractivity contribution in [3.63, 3.8) is 0 Å². The van der Waals surface area contributed by atoms with Gasteiger partial charge in [0.1, 0.15) is 0 Å². The number of benzene rings is 4. The molecule has 0 saturated carbocycles. The van der Waals surface area contributed by atoms with Crippen molar-refractivity contribution in [3.8, 4) is 0 Å². The minimum atomic E-state index is -0.0604. The van der Waals surface area contributed by atoms with Crippen molar-refractivity contribution in [1.29, 1.82) is 0 Å². The van der Waals surface area contributed by atoms with Crippen molar-refractivity contribution >= 4 is 46.1 Å². The van der Waals surface area contributed by atoms with Crippen LogP contribution in [0.5, 0.6) is 0 Å². The molecule has 8 nitrogen and oxygen atoms in total. The average Bonchev–Trinajstić information content (AvgIpc) is 3.19. The maximum atomic E-state index is 13.1. The molecule has 0 radical (unpaired) electrons. The smallest absolute Gasteiger partial charge is 0.188 e. The summed E-state index contributed by atoms with van der Waals surface area (Å²) in [6, 6.07) is 29.7. The number of aliphatic hydroxyl groups is 3. The normalized spacial score (nSPS) is 14.7. The molecule has 4 aromatic carbocycles. The summed E-state index contributed by atoms with van der Waals surface area (Å²) in [6.45, 7) is 5.53. The number of carbonyl (C=O) groups excluding carboxylic acids is 2. The molecule has 0 aliphatic heterocycles. The lowest BCUT2D eigenvalue weighted by Crippen LogP contribution is -2.10. The number of anilines is 3. The monoisotopic (exact) mass is 731 g/mol. The SMILES string of the molecule is CC1=CC(=C2C=C(C)C(=O)C(/C=C/c3ccc(N=Nc4ccc(N(c5ccc(CCO)cc5)c5ccc(CCO)cc5)cc4)c(CCO)c3)=C2)C=C(C)C1=O. The van der Waals surface area contributed by atoms with E-state index in [0.717, 1.165) is 50.5 Å². The molecule has 4 aromatic rings. The zero-order valence-electron chi connectivity index (χ0n) is 31.4. The lowest BCUT2D eigenvalue weighted by atomic mass is 9.87. The van der Waals surface area contributed by atoms with Crippen molar-refractivity contribution < 1.29 is 24.9 Å². The molecule has 0 amide bonds. The van der Waals surface area contributed by atoms with Crippen LogP contribution in [0.2, 0.25) is 0 Å². The maximum absolute atomic E-state index is 13.1. The third-order valence-electron chi connectivity index (χ3n) is 9.61. The highest BCUT2D eigenvalue weighted by Crippen LogP contribution is 2.36. The number of carbonyl (C=O) groups is 2. The van der Waals surface area contributed by atoms with Crippen molar-refractivity contribution in [2.45, 2.75) is 40.0 Å². The number of hydrogen-bond donors (Lipinski definition) is 3. The molecule has 55 heavy (non-hydrogen) atoms. The van der Waals surface area contributed by atoms with Gasteiger partial charge in [0.25, 0.3) is 0 Å². The van der Waals surface area contributed by atoms with Crippen LogP contribution in [0.25, 0.3) is 6.08 Å². The van der Waals surface area contributed by atoms with E-state index in [1.165, 1.54) is 0 Å². The average molecular weight is 732 g/mol. The minimum absolute atomic E-state index is 0.0270. The third kappa shape index (κ3) is 9.37. The van der Waals surface area contributed by atoms with Crippen molar-refractivity contribution in [2.24, 2.45) is 10.2 Å². The van der Waals surface area contributed by atoms with Gasteiger partial charge in [0, 0.05) is 42.5 Å². The highest BCUT2D eigenvalue weighted by atomic mass is 16.3. The maximum Gasteiger partial charge on any atom is 0.188 e. The standard InChI is InChI=1S/C47H45N3O5/c1-31-26-39(27-32(2)46(31)54)40-28-33(3)47(55)38(30-40)10-4-36-9-19-45(37(29-36)22-25-53)49-48-41-11-17-44(18-12-41)50(42-13-5-34(6-14-42)20-23-51)43-15-7-35(8-16-43)21-24-52/h4-19,26-30,51-53H,20-25H2,1-3H3/b10-4+,49-48?. The zero-order chi connectivity index (χ0) is 38.9. The van der Waals surface area contributed by atoms with E-state index >= 15 is 0 Å². The van der Waals surface area contributed by atoms with E-state index in [1.807, 2.05) is 121 Å². The first kappa shape index (κ1) is 38.7. The van der Waals surface area contributed by atoms with Gasteiger partial charge in [-0.2, -0.15) is 10.2 Å². The quantitative estimate of drug-likeness (QED) is 0.118. The predicted octanol–water partition coefficient (Wildman–Crippen LogP) is 9.42. The highest BCUT2D eigenvalue weighted by Gasteiger charge is 2.20. The third-order valence-corrected chi connectivity index (χ3v) is 9.61. The Bertz CT molecular complexity index is 2210. The second-order valence-electron chi connectivity index (χ2n) is 13.7. The molecule has 0 unspecified atom stereocenters. The first-order chi connectivity index (χ1) is 26.7. The molecule has 3 N–H and O–H groups in total. The Kier molecular flexibility index (Phi) is 12.5.